The number of fused-ring (bicyclic) bond motifs is 1. The fourth-order valence-electron chi connectivity index (χ4n) is 1.39. The van der Waals surface area contributed by atoms with Crippen LogP contribution in [0, 0.1) is 0 Å². The van der Waals surface area contributed by atoms with Gasteiger partial charge in [-0.3, -0.25) is 4.79 Å². The Bertz CT molecular complexity index is 434. The van der Waals surface area contributed by atoms with Crippen molar-refractivity contribution in [3.8, 4) is 0 Å². The minimum Gasteiger partial charge on any atom is -0.468 e. The van der Waals surface area contributed by atoms with E-state index < -0.39 is 0 Å². The summed E-state index contributed by atoms with van der Waals surface area (Å²) in [6.07, 6.45) is 3.09. The van der Waals surface area contributed by atoms with Crippen molar-refractivity contribution in [3.05, 3.63) is 36.0 Å². The zero-order chi connectivity index (χ0) is 11.8. The number of rotatable bonds is 3. The molecule has 0 bridgehead atoms. The summed E-state index contributed by atoms with van der Waals surface area (Å²) in [5.41, 5.74) is 2.62. The van der Waals surface area contributed by atoms with Gasteiger partial charge in [-0.05, 0) is 42.5 Å². The highest BCUT2D eigenvalue weighted by atomic mass is 16.5. The van der Waals surface area contributed by atoms with Crippen molar-refractivity contribution in [2.75, 3.05) is 6.61 Å². The molecule has 3 heteroatoms. The van der Waals surface area contributed by atoms with Crippen LogP contribution in [0.1, 0.15) is 19.4 Å². The summed E-state index contributed by atoms with van der Waals surface area (Å²) in [5.74, 6) is 0. The van der Waals surface area contributed by atoms with Crippen LogP contribution >= 0.6 is 0 Å². The molecule has 3 nitrogen and oxygen atoms in total. The van der Waals surface area contributed by atoms with E-state index in [0.29, 0.717) is 13.1 Å². The molecule has 0 amide bonds. The van der Waals surface area contributed by atoms with E-state index in [9.17, 15) is 4.79 Å². The van der Waals surface area contributed by atoms with Gasteiger partial charge in [0.1, 0.15) is 0 Å². The SMILES string of the molecule is CCOC=O.CCc1ccc2[nH]ccc2c1. The first kappa shape index (κ1) is 12.3. The van der Waals surface area contributed by atoms with Crippen molar-refractivity contribution in [1.82, 2.24) is 4.98 Å². The van der Waals surface area contributed by atoms with Crippen LogP contribution in [0.5, 0.6) is 0 Å². The Morgan fingerprint density at radius 2 is 2.12 bits per heavy atom. The van der Waals surface area contributed by atoms with Crippen LogP contribution in [0.25, 0.3) is 10.9 Å². The van der Waals surface area contributed by atoms with Crippen LogP contribution in [0.3, 0.4) is 0 Å². The van der Waals surface area contributed by atoms with Crippen molar-refractivity contribution in [3.63, 3.8) is 0 Å². The van der Waals surface area contributed by atoms with Crippen molar-refractivity contribution in [2.45, 2.75) is 20.3 Å². The molecule has 1 N–H and O–H groups in total. The second-order valence-corrected chi connectivity index (χ2v) is 3.30. The molecule has 1 heterocycles. The number of aromatic nitrogens is 1. The second kappa shape index (κ2) is 6.67. The molecule has 16 heavy (non-hydrogen) atoms. The highest BCUT2D eigenvalue weighted by Crippen LogP contribution is 2.14. The Labute approximate surface area is 95.4 Å². The molecule has 0 saturated carbocycles. The van der Waals surface area contributed by atoms with Gasteiger partial charge in [0.05, 0.1) is 6.61 Å². The summed E-state index contributed by atoms with van der Waals surface area (Å²) >= 11 is 0. The molecule has 0 atom stereocenters. The Morgan fingerprint density at radius 3 is 2.69 bits per heavy atom. The smallest absolute Gasteiger partial charge is 0.293 e. The number of aromatic amines is 1. The van der Waals surface area contributed by atoms with Crippen LogP contribution in [0.4, 0.5) is 0 Å². The number of hydrogen-bond donors (Lipinski definition) is 1. The van der Waals surface area contributed by atoms with E-state index in [1.165, 1.54) is 16.5 Å². The summed E-state index contributed by atoms with van der Waals surface area (Å²) in [4.78, 5) is 12.4. The lowest BCUT2D eigenvalue weighted by Crippen LogP contribution is -1.80. The van der Waals surface area contributed by atoms with Crippen LogP contribution in [-0.4, -0.2) is 18.1 Å². The molecule has 86 valence electrons. The zero-order valence-corrected chi connectivity index (χ0v) is 9.69. The topological polar surface area (TPSA) is 42.1 Å². The molecule has 0 spiro atoms. The fraction of sp³-hybridized carbons (Fsp3) is 0.308. The molecule has 0 radical (unpaired) electrons. The van der Waals surface area contributed by atoms with E-state index in [1.807, 2.05) is 6.20 Å². The van der Waals surface area contributed by atoms with E-state index >= 15 is 0 Å². The van der Waals surface area contributed by atoms with Crippen molar-refractivity contribution in [1.29, 1.82) is 0 Å². The number of hydrogen-bond acceptors (Lipinski definition) is 2. The fourth-order valence-corrected chi connectivity index (χ4v) is 1.39. The Hall–Kier alpha value is -1.77. The van der Waals surface area contributed by atoms with Gasteiger partial charge < -0.3 is 9.72 Å². The molecular formula is C13H17NO2. The summed E-state index contributed by atoms with van der Waals surface area (Å²) in [6, 6.07) is 8.63. The average Bonchev–Trinajstić information content (AvgIpc) is 2.77. The molecule has 0 aliphatic carbocycles. The summed E-state index contributed by atoms with van der Waals surface area (Å²) < 4.78 is 4.15. The van der Waals surface area contributed by atoms with Gasteiger partial charge in [0.2, 0.25) is 0 Å². The molecule has 0 unspecified atom stereocenters. The maximum Gasteiger partial charge on any atom is 0.293 e. The number of carbonyl (C=O) groups is 1. The van der Waals surface area contributed by atoms with Gasteiger partial charge in [-0.1, -0.05) is 13.0 Å². The quantitative estimate of drug-likeness (QED) is 0.806. The van der Waals surface area contributed by atoms with Gasteiger partial charge in [0, 0.05) is 11.7 Å². The molecule has 2 aromatic rings. The van der Waals surface area contributed by atoms with Gasteiger partial charge in [0.25, 0.3) is 6.47 Å². The molecule has 0 aliphatic rings. The summed E-state index contributed by atoms with van der Waals surface area (Å²) in [5, 5.41) is 1.31. The molecular weight excluding hydrogens is 202 g/mol. The number of ether oxygens (including phenoxy) is 1. The third-order valence-corrected chi connectivity index (χ3v) is 2.26. The first-order chi connectivity index (χ1) is 7.81. The van der Waals surface area contributed by atoms with Crippen LogP contribution < -0.4 is 0 Å². The lowest BCUT2D eigenvalue weighted by molar-refractivity contribution is -0.128. The Balaban J connectivity index is 0.000000221. The van der Waals surface area contributed by atoms with Crippen LogP contribution in [0.15, 0.2) is 30.5 Å². The first-order valence-electron chi connectivity index (χ1n) is 5.43. The number of nitrogens with one attached hydrogen (secondary N) is 1. The lowest BCUT2D eigenvalue weighted by atomic mass is 10.1. The third kappa shape index (κ3) is 3.42. The van der Waals surface area contributed by atoms with Gasteiger partial charge in [-0.2, -0.15) is 0 Å². The molecule has 0 aliphatic heterocycles. The Morgan fingerprint density at radius 1 is 1.31 bits per heavy atom. The number of carbonyl (C=O) groups excluding carboxylic acids is 1. The van der Waals surface area contributed by atoms with Gasteiger partial charge in [-0.15, -0.1) is 0 Å². The zero-order valence-electron chi connectivity index (χ0n) is 9.69. The standard InChI is InChI=1S/C10H11N.C3H6O2/c1-2-8-3-4-10-9(7-8)5-6-11-10;1-2-5-3-4/h3-7,11H,2H2,1H3;3H,2H2,1H3. The highest BCUT2D eigenvalue weighted by molar-refractivity contribution is 5.79. The van der Waals surface area contributed by atoms with E-state index in [-0.39, 0.29) is 0 Å². The van der Waals surface area contributed by atoms with E-state index in [4.69, 9.17) is 0 Å². The minimum absolute atomic E-state index is 0.431. The number of benzene rings is 1. The molecule has 0 saturated heterocycles. The molecule has 1 aromatic heterocycles. The molecule has 2 rings (SSSR count). The average molecular weight is 219 g/mol. The van der Waals surface area contributed by atoms with Crippen molar-refractivity contribution < 1.29 is 9.53 Å². The predicted molar refractivity (Wildman–Crippen MR) is 65.4 cm³/mol. The Kier molecular flexibility index (Phi) is 5.12. The van der Waals surface area contributed by atoms with Gasteiger partial charge >= 0.3 is 0 Å². The third-order valence-electron chi connectivity index (χ3n) is 2.26. The molecule has 0 fully saturated rings. The summed E-state index contributed by atoms with van der Waals surface area (Å²) in [6.45, 7) is 4.84. The molecule has 1 aromatic carbocycles. The number of aryl methyl sites for hydroxylation is 1. The normalized spacial score (nSPS) is 9.38. The number of H-pyrrole nitrogens is 1. The maximum atomic E-state index is 9.18. The van der Waals surface area contributed by atoms with Gasteiger partial charge in [0.15, 0.2) is 0 Å². The highest BCUT2D eigenvalue weighted by Gasteiger charge is 1.93. The summed E-state index contributed by atoms with van der Waals surface area (Å²) in [7, 11) is 0. The van der Waals surface area contributed by atoms with Crippen LogP contribution in [-0.2, 0) is 16.0 Å². The maximum absolute atomic E-state index is 9.18. The van der Waals surface area contributed by atoms with E-state index in [0.717, 1.165) is 6.42 Å². The minimum atomic E-state index is 0.431. The predicted octanol–water partition coefficient (Wildman–Crippen LogP) is 2.91. The van der Waals surface area contributed by atoms with E-state index in [1.54, 1.807) is 6.92 Å². The largest absolute Gasteiger partial charge is 0.468 e. The monoisotopic (exact) mass is 219 g/mol. The second-order valence-electron chi connectivity index (χ2n) is 3.30. The van der Waals surface area contributed by atoms with Crippen LogP contribution in [0.2, 0.25) is 0 Å². The lowest BCUT2D eigenvalue weighted by Gasteiger charge is -1.94. The van der Waals surface area contributed by atoms with Crippen molar-refractivity contribution in [2.24, 2.45) is 0 Å². The van der Waals surface area contributed by atoms with E-state index in [2.05, 4.69) is 40.9 Å². The first-order valence-corrected chi connectivity index (χ1v) is 5.43. The van der Waals surface area contributed by atoms with Crippen molar-refractivity contribution >= 4 is 17.4 Å². The van der Waals surface area contributed by atoms with Gasteiger partial charge in [-0.25, -0.2) is 0 Å².